The Balaban J connectivity index is 2.41. The van der Waals surface area contributed by atoms with Crippen molar-refractivity contribution in [3.8, 4) is 5.95 Å². The van der Waals surface area contributed by atoms with Crippen molar-refractivity contribution < 1.29 is 0 Å². The van der Waals surface area contributed by atoms with Gasteiger partial charge < -0.3 is 5.73 Å². The number of nitrogens with two attached hydrogens (primary N) is 1. The fourth-order valence-electron chi connectivity index (χ4n) is 0.796. The molecule has 0 saturated heterocycles. The lowest BCUT2D eigenvalue weighted by Crippen LogP contribution is -2.01. The molecule has 2 aromatic rings. The first-order valence-corrected chi connectivity index (χ1v) is 3.78. The van der Waals surface area contributed by atoms with E-state index >= 15 is 0 Å². The monoisotopic (exact) mass is 196 g/mol. The Bertz CT molecular complexity index is 407. The zero-order valence-electron chi connectivity index (χ0n) is 6.42. The lowest BCUT2D eigenvalue weighted by molar-refractivity contribution is 0.809. The van der Waals surface area contributed by atoms with Crippen LogP contribution in [0.4, 0.5) is 5.95 Å². The fraction of sp³-hybridized carbons (Fsp3) is 0. The van der Waals surface area contributed by atoms with E-state index in [0.717, 1.165) is 0 Å². The predicted octanol–water partition coefficient (Wildman–Crippen LogP) is 0.293. The first-order valence-electron chi connectivity index (χ1n) is 3.41. The Labute approximate surface area is 78.4 Å². The van der Waals surface area contributed by atoms with Crippen LogP contribution < -0.4 is 5.73 Å². The van der Waals surface area contributed by atoms with Crippen molar-refractivity contribution in [2.24, 2.45) is 0 Å². The lowest BCUT2D eigenvalue weighted by Gasteiger charge is -1.95. The second-order valence-corrected chi connectivity index (χ2v) is 2.69. The predicted molar refractivity (Wildman–Crippen MR) is 46.4 cm³/mol. The molecular weight excluding hydrogens is 192 g/mol. The average molecular weight is 197 g/mol. The SMILES string of the molecule is Nc1ncn(-c2ncc(Cl)cn2)n1. The van der Waals surface area contributed by atoms with Gasteiger partial charge in [0.25, 0.3) is 5.95 Å². The molecule has 0 aliphatic heterocycles. The van der Waals surface area contributed by atoms with Gasteiger partial charge in [-0.25, -0.2) is 15.0 Å². The first kappa shape index (κ1) is 7.93. The molecule has 13 heavy (non-hydrogen) atoms. The van der Waals surface area contributed by atoms with Crippen LogP contribution in [0.1, 0.15) is 0 Å². The van der Waals surface area contributed by atoms with Crippen molar-refractivity contribution in [1.82, 2.24) is 24.7 Å². The Morgan fingerprint density at radius 3 is 2.46 bits per heavy atom. The quantitative estimate of drug-likeness (QED) is 0.709. The molecule has 2 rings (SSSR count). The van der Waals surface area contributed by atoms with E-state index in [1.165, 1.54) is 23.4 Å². The molecule has 66 valence electrons. The third-order valence-corrected chi connectivity index (χ3v) is 1.52. The molecule has 0 aliphatic carbocycles. The van der Waals surface area contributed by atoms with Crippen molar-refractivity contribution in [2.45, 2.75) is 0 Å². The van der Waals surface area contributed by atoms with Gasteiger partial charge in [0.15, 0.2) is 0 Å². The molecule has 7 heteroatoms. The largest absolute Gasteiger partial charge is 0.366 e. The summed E-state index contributed by atoms with van der Waals surface area (Å²) in [5, 5.41) is 4.30. The highest BCUT2D eigenvalue weighted by molar-refractivity contribution is 6.30. The van der Waals surface area contributed by atoms with Gasteiger partial charge in [-0.15, -0.1) is 5.10 Å². The minimum Gasteiger partial charge on any atom is -0.366 e. The van der Waals surface area contributed by atoms with Crippen LogP contribution >= 0.6 is 11.6 Å². The maximum atomic E-state index is 5.61. The van der Waals surface area contributed by atoms with Gasteiger partial charge in [0.05, 0.1) is 17.4 Å². The number of nitrogen functional groups attached to an aromatic ring is 1. The van der Waals surface area contributed by atoms with Crippen LogP contribution in [0.15, 0.2) is 18.7 Å². The molecular formula is C6H5ClN6. The number of aromatic nitrogens is 5. The molecule has 0 aromatic carbocycles. The van der Waals surface area contributed by atoms with E-state index < -0.39 is 0 Å². The maximum absolute atomic E-state index is 5.61. The summed E-state index contributed by atoms with van der Waals surface area (Å²) in [5.41, 5.74) is 5.32. The van der Waals surface area contributed by atoms with Crippen LogP contribution in [0.5, 0.6) is 0 Å². The first-order chi connectivity index (χ1) is 6.25. The minimum atomic E-state index is 0.179. The van der Waals surface area contributed by atoms with Gasteiger partial charge in [-0.3, -0.25) is 0 Å². The Morgan fingerprint density at radius 2 is 1.92 bits per heavy atom. The van der Waals surface area contributed by atoms with Crippen LogP contribution in [-0.2, 0) is 0 Å². The molecule has 0 fully saturated rings. The van der Waals surface area contributed by atoms with Crippen molar-refractivity contribution in [1.29, 1.82) is 0 Å². The summed E-state index contributed by atoms with van der Waals surface area (Å²) < 4.78 is 1.37. The van der Waals surface area contributed by atoms with Crippen LogP contribution in [0.2, 0.25) is 5.02 Å². The van der Waals surface area contributed by atoms with Crippen molar-refractivity contribution in [3.05, 3.63) is 23.7 Å². The molecule has 0 spiro atoms. The molecule has 2 heterocycles. The number of nitrogens with zero attached hydrogens (tertiary/aromatic N) is 5. The van der Waals surface area contributed by atoms with Gasteiger partial charge in [-0.2, -0.15) is 4.68 Å². The van der Waals surface area contributed by atoms with Gasteiger partial charge in [0.1, 0.15) is 6.33 Å². The van der Waals surface area contributed by atoms with Crippen molar-refractivity contribution in [2.75, 3.05) is 5.73 Å². The van der Waals surface area contributed by atoms with Gasteiger partial charge >= 0.3 is 0 Å². The van der Waals surface area contributed by atoms with E-state index in [1.54, 1.807) is 0 Å². The van der Waals surface area contributed by atoms with Gasteiger partial charge in [0.2, 0.25) is 5.95 Å². The summed E-state index contributed by atoms with van der Waals surface area (Å²) in [5.74, 6) is 0.562. The second kappa shape index (κ2) is 2.98. The van der Waals surface area contributed by atoms with Gasteiger partial charge in [0, 0.05) is 0 Å². The number of rotatable bonds is 1. The summed E-state index contributed by atoms with van der Waals surface area (Å²) in [6, 6.07) is 0. The van der Waals surface area contributed by atoms with Crippen LogP contribution in [-0.4, -0.2) is 24.7 Å². The zero-order valence-corrected chi connectivity index (χ0v) is 7.18. The summed E-state index contributed by atoms with van der Waals surface area (Å²) in [6.45, 7) is 0. The smallest absolute Gasteiger partial charge is 0.252 e. The topological polar surface area (TPSA) is 82.5 Å². The fourth-order valence-corrected chi connectivity index (χ4v) is 0.894. The van der Waals surface area contributed by atoms with E-state index in [2.05, 4.69) is 20.1 Å². The van der Waals surface area contributed by atoms with E-state index in [-0.39, 0.29) is 5.95 Å². The molecule has 0 bridgehead atoms. The van der Waals surface area contributed by atoms with E-state index in [4.69, 9.17) is 17.3 Å². The van der Waals surface area contributed by atoms with Gasteiger partial charge in [-0.05, 0) is 0 Å². The highest BCUT2D eigenvalue weighted by atomic mass is 35.5. The molecule has 0 amide bonds. The molecule has 2 aromatic heterocycles. The molecule has 0 atom stereocenters. The average Bonchev–Trinajstić information content (AvgIpc) is 2.53. The summed E-state index contributed by atoms with van der Waals surface area (Å²) in [4.78, 5) is 11.6. The van der Waals surface area contributed by atoms with Crippen molar-refractivity contribution >= 4 is 17.5 Å². The summed E-state index contributed by atoms with van der Waals surface area (Å²) in [7, 11) is 0. The Morgan fingerprint density at radius 1 is 1.23 bits per heavy atom. The number of anilines is 1. The van der Waals surface area contributed by atoms with Crippen LogP contribution in [0, 0.1) is 0 Å². The second-order valence-electron chi connectivity index (χ2n) is 2.25. The van der Waals surface area contributed by atoms with Crippen LogP contribution in [0.25, 0.3) is 5.95 Å². The summed E-state index contributed by atoms with van der Waals surface area (Å²) in [6.07, 6.45) is 4.38. The molecule has 2 N–H and O–H groups in total. The Kier molecular flexibility index (Phi) is 1.82. The van der Waals surface area contributed by atoms with Crippen molar-refractivity contribution in [3.63, 3.8) is 0 Å². The molecule has 0 radical (unpaired) electrons. The molecule has 6 nitrogen and oxygen atoms in total. The molecule has 0 aliphatic rings. The van der Waals surface area contributed by atoms with E-state index in [9.17, 15) is 0 Å². The summed E-state index contributed by atoms with van der Waals surface area (Å²) >= 11 is 5.61. The third kappa shape index (κ3) is 1.57. The Hall–Kier alpha value is -1.69. The zero-order chi connectivity index (χ0) is 9.26. The van der Waals surface area contributed by atoms with Crippen LogP contribution in [0.3, 0.4) is 0 Å². The highest BCUT2D eigenvalue weighted by Crippen LogP contribution is 2.05. The minimum absolute atomic E-state index is 0.179. The van der Waals surface area contributed by atoms with E-state index in [1.807, 2.05) is 0 Å². The molecule has 0 saturated carbocycles. The molecule has 0 unspecified atom stereocenters. The standard InChI is InChI=1S/C6H5ClN6/c7-4-1-9-6(10-2-4)13-3-11-5(8)12-13/h1-3H,(H2,8,12). The number of halogens is 1. The maximum Gasteiger partial charge on any atom is 0.252 e. The van der Waals surface area contributed by atoms with E-state index in [0.29, 0.717) is 11.0 Å². The number of hydrogen-bond donors (Lipinski definition) is 1. The third-order valence-electron chi connectivity index (χ3n) is 1.32. The normalized spacial score (nSPS) is 10.2. The van der Waals surface area contributed by atoms with Gasteiger partial charge in [-0.1, -0.05) is 11.6 Å². The lowest BCUT2D eigenvalue weighted by atomic mass is 10.7. The highest BCUT2D eigenvalue weighted by Gasteiger charge is 2.01. The number of hydrogen-bond acceptors (Lipinski definition) is 5.